The third-order valence-electron chi connectivity index (χ3n) is 6.41. The van der Waals surface area contributed by atoms with Crippen LogP contribution >= 0.6 is 22.9 Å². The second-order valence-electron chi connectivity index (χ2n) is 9.94. The summed E-state index contributed by atoms with van der Waals surface area (Å²) >= 11 is 6.97. The maximum atomic E-state index is 13.1. The number of aromatic nitrogens is 1. The lowest BCUT2D eigenvalue weighted by molar-refractivity contribution is 0.0981. The number of nitrogens with two attached hydrogens (primary N) is 1. The average molecular weight is 556 g/mol. The third-order valence-corrected chi connectivity index (χ3v) is 12.2. The van der Waals surface area contributed by atoms with E-state index < -0.39 is 20.1 Å². The normalized spacial score (nSPS) is 11.6. The van der Waals surface area contributed by atoms with E-state index >= 15 is 0 Å². The second kappa shape index (κ2) is 11.4. The van der Waals surface area contributed by atoms with Crippen molar-refractivity contribution in [3.63, 3.8) is 0 Å². The molecule has 8 nitrogen and oxygen atoms in total. The molecule has 2 aromatic heterocycles. The summed E-state index contributed by atoms with van der Waals surface area (Å²) in [6.07, 6.45) is 3.63. The maximum absolute atomic E-state index is 13.1. The number of nitrogens with zero attached hydrogens (tertiary/aromatic N) is 3. The number of hydrogen-bond donors (Lipinski definition) is 2. The van der Waals surface area contributed by atoms with Crippen molar-refractivity contribution < 1.29 is 14.0 Å². The predicted octanol–water partition coefficient (Wildman–Crippen LogP) is 6.12. The zero-order valence-corrected chi connectivity index (χ0v) is 24.0. The van der Waals surface area contributed by atoms with Crippen molar-refractivity contribution in [3.05, 3.63) is 63.4 Å². The van der Waals surface area contributed by atoms with Gasteiger partial charge in [-0.15, -0.1) is 11.3 Å². The molecular formula is C26H30ClN5O3SSi. The van der Waals surface area contributed by atoms with Crippen molar-refractivity contribution in [1.29, 1.82) is 5.26 Å². The van der Waals surface area contributed by atoms with Gasteiger partial charge in [0.25, 0.3) is 11.8 Å². The first-order valence-electron chi connectivity index (χ1n) is 11.6. The zero-order valence-electron chi connectivity index (χ0n) is 21.5. The molecule has 0 aliphatic heterocycles. The average Bonchev–Trinajstić information content (AvgIpc) is 3.28. The van der Waals surface area contributed by atoms with Crippen molar-refractivity contribution in [2.75, 3.05) is 23.4 Å². The summed E-state index contributed by atoms with van der Waals surface area (Å²) in [6.45, 7) is 11.8. The third kappa shape index (κ3) is 6.75. The van der Waals surface area contributed by atoms with Crippen molar-refractivity contribution in [3.8, 4) is 17.3 Å². The number of halogens is 1. The maximum Gasteiger partial charge on any atom is 0.259 e. The van der Waals surface area contributed by atoms with Gasteiger partial charge in [-0.1, -0.05) is 44.5 Å². The lowest BCUT2D eigenvalue weighted by Gasteiger charge is -2.36. The van der Waals surface area contributed by atoms with Gasteiger partial charge in [0.1, 0.15) is 10.7 Å². The van der Waals surface area contributed by atoms with E-state index in [9.17, 15) is 14.9 Å². The molecule has 0 radical (unpaired) electrons. The number of pyridine rings is 1. The van der Waals surface area contributed by atoms with Gasteiger partial charge < -0.3 is 15.5 Å². The standard InChI is InChI=1S/C26H30ClN5O3SSi/c1-26(2,3)37(4,5)35-13-12-32(16-28)19-9-6-17(7-10-19)20-15-36-23(24(29)33)22(20)25(34)31-21-11-8-18(27)14-30-21/h6-11,14-15H,12-13H2,1-5H3,(H2,29,33)(H,30,31,34). The van der Waals surface area contributed by atoms with Crippen molar-refractivity contribution >= 4 is 54.6 Å². The Bertz CT molecular complexity index is 1310. The van der Waals surface area contributed by atoms with E-state index in [1.54, 1.807) is 46.7 Å². The van der Waals surface area contributed by atoms with Gasteiger partial charge in [-0.3, -0.25) is 14.5 Å². The summed E-state index contributed by atoms with van der Waals surface area (Å²) < 4.78 is 6.21. The molecule has 0 spiro atoms. The van der Waals surface area contributed by atoms with Gasteiger partial charge in [-0.05, 0) is 48.0 Å². The molecule has 3 N–H and O–H groups in total. The van der Waals surface area contributed by atoms with Crippen molar-refractivity contribution in [2.24, 2.45) is 5.73 Å². The smallest absolute Gasteiger partial charge is 0.259 e. The van der Waals surface area contributed by atoms with Gasteiger partial charge in [-0.25, -0.2) is 4.98 Å². The Hall–Kier alpha value is -3.23. The number of anilines is 2. The van der Waals surface area contributed by atoms with Crippen LogP contribution in [0.3, 0.4) is 0 Å². The number of rotatable bonds is 9. The molecule has 1 aromatic carbocycles. The van der Waals surface area contributed by atoms with Crippen LogP contribution in [0.15, 0.2) is 48.0 Å². The number of amides is 2. The fraction of sp³-hybridized carbons (Fsp3) is 0.308. The van der Waals surface area contributed by atoms with Gasteiger partial charge in [0.2, 0.25) is 0 Å². The molecule has 0 unspecified atom stereocenters. The van der Waals surface area contributed by atoms with Crippen LogP contribution in [0, 0.1) is 11.5 Å². The zero-order chi connectivity index (χ0) is 27.4. The van der Waals surface area contributed by atoms with Crippen LogP contribution in [0.4, 0.5) is 11.5 Å². The highest BCUT2D eigenvalue weighted by Crippen LogP contribution is 2.37. The molecule has 0 bridgehead atoms. The first-order valence-corrected chi connectivity index (χ1v) is 15.8. The molecular weight excluding hydrogens is 526 g/mol. The molecule has 0 fully saturated rings. The first-order chi connectivity index (χ1) is 17.3. The number of primary amides is 1. The van der Waals surface area contributed by atoms with Crippen LogP contribution in [-0.2, 0) is 4.43 Å². The Morgan fingerprint density at radius 3 is 2.43 bits per heavy atom. The monoisotopic (exact) mass is 555 g/mol. The molecule has 3 rings (SSSR count). The van der Waals surface area contributed by atoms with Crippen LogP contribution in [-0.4, -0.2) is 38.3 Å². The molecule has 194 valence electrons. The highest BCUT2D eigenvalue weighted by Gasteiger charge is 2.37. The highest BCUT2D eigenvalue weighted by atomic mass is 35.5. The molecule has 0 atom stereocenters. The number of thiophene rings is 1. The molecule has 3 aromatic rings. The minimum atomic E-state index is -1.92. The van der Waals surface area contributed by atoms with E-state index in [0.717, 1.165) is 11.3 Å². The molecule has 11 heteroatoms. The van der Waals surface area contributed by atoms with Crippen LogP contribution in [0.1, 0.15) is 40.8 Å². The molecule has 2 amide bonds. The summed E-state index contributed by atoms with van der Waals surface area (Å²) in [5, 5.41) is 14.6. The lowest BCUT2D eigenvalue weighted by atomic mass is 10.0. The van der Waals surface area contributed by atoms with Gasteiger partial charge in [0.05, 0.1) is 29.4 Å². The van der Waals surface area contributed by atoms with E-state index in [4.69, 9.17) is 21.8 Å². The first kappa shape index (κ1) is 28.3. The molecule has 0 saturated carbocycles. The van der Waals surface area contributed by atoms with Crippen LogP contribution < -0.4 is 16.0 Å². The molecule has 2 heterocycles. The largest absolute Gasteiger partial charge is 0.415 e. The number of benzene rings is 1. The summed E-state index contributed by atoms with van der Waals surface area (Å²) in [5.74, 6) is -0.910. The van der Waals surface area contributed by atoms with Crippen LogP contribution in [0.2, 0.25) is 23.2 Å². The minimum Gasteiger partial charge on any atom is -0.415 e. The van der Waals surface area contributed by atoms with Crippen molar-refractivity contribution in [1.82, 2.24) is 4.98 Å². The number of hydrogen-bond acceptors (Lipinski definition) is 7. The Kier molecular flexibility index (Phi) is 8.76. The molecule has 37 heavy (non-hydrogen) atoms. The molecule has 0 aliphatic rings. The van der Waals surface area contributed by atoms with E-state index in [2.05, 4.69) is 50.4 Å². The number of carbonyl (C=O) groups is 2. The predicted molar refractivity (Wildman–Crippen MR) is 152 cm³/mol. The van der Waals surface area contributed by atoms with Gasteiger partial charge >= 0.3 is 0 Å². The summed E-state index contributed by atoms with van der Waals surface area (Å²) in [5.41, 5.74) is 7.68. The lowest BCUT2D eigenvalue weighted by Crippen LogP contribution is -2.42. The SMILES string of the molecule is CC(C)(C)[Si](C)(C)OCCN(C#N)c1ccc(-c2csc(C(N)=O)c2C(=O)Nc2ccc(Cl)cn2)cc1. The Labute approximate surface area is 227 Å². The summed E-state index contributed by atoms with van der Waals surface area (Å²) in [7, 11) is -1.92. The topological polar surface area (TPSA) is 121 Å². The summed E-state index contributed by atoms with van der Waals surface area (Å²) in [4.78, 5) is 31.0. The highest BCUT2D eigenvalue weighted by molar-refractivity contribution is 7.13. The fourth-order valence-electron chi connectivity index (χ4n) is 3.27. The van der Waals surface area contributed by atoms with Gasteiger partial charge in [0.15, 0.2) is 14.5 Å². The van der Waals surface area contributed by atoms with E-state index in [1.165, 1.54) is 6.20 Å². The van der Waals surface area contributed by atoms with E-state index in [1.807, 2.05) is 0 Å². The number of carbonyl (C=O) groups excluding carboxylic acids is 2. The second-order valence-corrected chi connectivity index (χ2v) is 16.1. The van der Waals surface area contributed by atoms with E-state index in [-0.39, 0.29) is 15.5 Å². The van der Waals surface area contributed by atoms with Crippen molar-refractivity contribution in [2.45, 2.75) is 38.9 Å². The quantitative estimate of drug-likeness (QED) is 0.186. The number of nitrogens with one attached hydrogen (secondary N) is 1. The Balaban J connectivity index is 1.81. The molecule has 0 saturated heterocycles. The van der Waals surface area contributed by atoms with Crippen LogP contribution in [0.5, 0.6) is 0 Å². The minimum absolute atomic E-state index is 0.0873. The van der Waals surface area contributed by atoms with Gasteiger partial charge in [0, 0.05) is 17.1 Å². The fourth-order valence-corrected chi connectivity index (χ4v) is 5.34. The van der Waals surface area contributed by atoms with Gasteiger partial charge in [-0.2, -0.15) is 5.26 Å². The Morgan fingerprint density at radius 2 is 1.89 bits per heavy atom. The van der Waals surface area contributed by atoms with E-state index in [0.29, 0.717) is 40.8 Å². The number of nitriles is 1. The molecule has 0 aliphatic carbocycles. The Morgan fingerprint density at radius 1 is 1.22 bits per heavy atom. The van der Waals surface area contributed by atoms with Crippen LogP contribution in [0.25, 0.3) is 11.1 Å². The summed E-state index contributed by atoms with van der Waals surface area (Å²) in [6, 6.07) is 10.4.